The van der Waals surface area contributed by atoms with Crippen LogP contribution in [-0.2, 0) is 14.4 Å². The fourth-order valence-corrected chi connectivity index (χ4v) is 5.28. The van der Waals surface area contributed by atoms with Crippen LogP contribution in [0.3, 0.4) is 0 Å². The van der Waals surface area contributed by atoms with E-state index in [1.165, 1.54) is 0 Å². The van der Waals surface area contributed by atoms with Gasteiger partial charge in [0.15, 0.2) is 17.4 Å². The first kappa shape index (κ1) is 44.1. The molecule has 284 valence electrons. The van der Waals surface area contributed by atoms with Gasteiger partial charge in [0.25, 0.3) is 5.91 Å². The number of nitrogens with one attached hydrogen (secondary N) is 6. The van der Waals surface area contributed by atoms with Crippen LogP contribution < -0.4 is 31.9 Å². The highest BCUT2D eigenvalue weighted by Gasteiger charge is 2.33. The van der Waals surface area contributed by atoms with E-state index in [1.54, 1.807) is 27.7 Å². The first-order valence-electron chi connectivity index (χ1n) is 17.2. The summed E-state index contributed by atoms with van der Waals surface area (Å²) in [6.07, 6.45) is 1.71. The first-order chi connectivity index (χ1) is 23.3. The quantitative estimate of drug-likeness (QED) is 0.0744. The van der Waals surface area contributed by atoms with Crippen LogP contribution in [-0.4, -0.2) is 72.0 Å². The van der Waals surface area contributed by atoms with Crippen molar-refractivity contribution >= 4 is 23.6 Å². The van der Waals surface area contributed by atoms with Crippen LogP contribution in [0.15, 0.2) is 12.3 Å². The van der Waals surface area contributed by atoms with Crippen molar-refractivity contribution in [3.05, 3.63) is 41.1 Å². The van der Waals surface area contributed by atoms with Gasteiger partial charge >= 0.3 is 0 Å². The molecule has 4 amide bonds. The zero-order valence-electron chi connectivity index (χ0n) is 30.7. The number of rotatable bonds is 21. The Hall–Kier alpha value is -3.88. The number of hydrogen-bond acceptors (Lipinski definition) is 7. The maximum Gasteiger partial charge on any atom is 0.258 e. The molecular weight excluding hydrogens is 660 g/mol. The van der Waals surface area contributed by atoms with Crippen molar-refractivity contribution < 1.29 is 41.8 Å². The molecule has 0 fully saturated rings. The first-order valence-corrected chi connectivity index (χ1v) is 17.2. The summed E-state index contributed by atoms with van der Waals surface area (Å²) in [6.45, 7) is 21.5. The molecule has 0 heterocycles. The molecule has 1 aromatic carbocycles. The standard InChI is InChI=1S/C35H56F4N6O5/c1-11-13-23(43-33(48)24(15-18(5)6)44-34(49)25-26(36)28(38)31(46)29(39)27(25)37)20(9)42-22(14-17(3)4)16-41-21(10)32(47)45-30(19(7)8)35(50)40-12-2/h17-19,21-24,30,41-42,46H,9,11-16H2,1-8,10H3,(H,40,50)(H,43,48)(H,44,49)(H,45,47)/t21-,22?,23-,24?,30?/m0/s1. The molecule has 11 nitrogen and oxygen atoms in total. The molecule has 50 heavy (non-hydrogen) atoms. The van der Waals surface area contributed by atoms with Gasteiger partial charge in [-0.2, -0.15) is 8.78 Å². The molecule has 0 saturated heterocycles. The van der Waals surface area contributed by atoms with Crippen LogP contribution in [0.5, 0.6) is 5.75 Å². The number of likely N-dealkylation sites (N-methyl/N-ethyl adjacent to an activating group) is 1. The summed E-state index contributed by atoms with van der Waals surface area (Å²) < 4.78 is 56.8. The highest BCUT2D eigenvalue weighted by atomic mass is 19.2. The van der Waals surface area contributed by atoms with Crippen molar-refractivity contribution in [2.24, 2.45) is 17.8 Å². The van der Waals surface area contributed by atoms with Gasteiger partial charge in [-0.15, -0.1) is 0 Å². The third-order valence-corrected chi connectivity index (χ3v) is 7.92. The Labute approximate surface area is 293 Å². The fourth-order valence-electron chi connectivity index (χ4n) is 5.28. The van der Waals surface area contributed by atoms with Crippen molar-refractivity contribution in [3.63, 3.8) is 0 Å². The minimum Gasteiger partial charge on any atom is -0.503 e. The molecule has 5 atom stereocenters. The second kappa shape index (κ2) is 20.7. The molecule has 0 saturated carbocycles. The van der Waals surface area contributed by atoms with Gasteiger partial charge in [-0.25, -0.2) is 8.78 Å². The van der Waals surface area contributed by atoms with Gasteiger partial charge in [-0.3, -0.25) is 19.2 Å². The predicted octanol–water partition coefficient (Wildman–Crippen LogP) is 4.15. The van der Waals surface area contributed by atoms with E-state index in [0.717, 1.165) is 0 Å². The van der Waals surface area contributed by atoms with Crippen molar-refractivity contribution in [1.29, 1.82) is 0 Å². The number of amides is 4. The Morgan fingerprint density at radius 2 is 1.28 bits per heavy atom. The minimum atomic E-state index is -2.14. The SMILES string of the molecule is C=C(NC(CN[C@@H](C)C(=O)NC(C(=O)NCC)C(C)C)CC(C)C)[C@H](CCC)NC(=O)C(CC(C)C)NC(=O)c1c(F)c(F)c(O)c(F)c1F. The number of carbonyl (C=O) groups excluding carboxylic acids is 4. The summed E-state index contributed by atoms with van der Waals surface area (Å²) in [6, 6.07) is -3.59. The average molecular weight is 717 g/mol. The lowest BCUT2D eigenvalue weighted by atomic mass is 10.00. The van der Waals surface area contributed by atoms with Gasteiger partial charge in [0, 0.05) is 24.8 Å². The number of aromatic hydroxyl groups is 1. The molecule has 15 heteroatoms. The largest absolute Gasteiger partial charge is 0.503 e. The van der Waals surface area contributed by atoms with Gasteiger partial charge in [0.05, 0.1) is 12.1 Å². The average Bonchev–Trinajstić information content (AvgIpc) is 3.02. The molecular formula is C35H56F4N6O5. The summed E-state index contributed by atoms with van der Waals surface area (Å²) in [4.78, 5) is 51.8. The Bertz CT molecular complexity index is 1310. The van der Waals surface area contributed by atoms with Crippen molar-refractivity contribution in [3.8, 4) is 5.75 Å². The fraction of sp³-hybridized carbons (Fsp3) is 0.657. The van der Waals surface area contributed by atoms with Crippen molar-refractivity contribution in [2.75, 3.05) is 13.1 Å². The zero-order valence-corrected chi connectivity index (χ0v) is 30.7. The molecule has 0 spiro atoms. The van der Waals surface area contributed by atoms with Crippen LogP contribution in [0.2, 0.25) is 0 Å². The van der Waals surface area contributed by atoms with E-state index in [9.17, 15) is 41.8 Å². The molecule has 3 unspecified atom stereocenters. The van der Waals surface area contributed by atoms with Gasteiger partial charge in [-0.05, 0) is 50.9 Å². The van der Waals surface area contributed by atoms with Crippen LogP contribution in [0, 0.1) is 41.0 Å². The summed E-state index contributed by atoms with van der Waals surface area (Å²) >= 11 is 0. The monoisotopic (exact) mass is 716 g/mol. The number of phenolic OH excluding ortho intramolecular Hbond substituents is 1. The van der Waals surface area contributed by atoms with E-state index < -0.39 is 70.6 Å². The molecule has 1 rings (SSSR count). The van der Waals surface area contributed by atoms with E-state index in [1.807, 2.05) is 34.6 Å². The Balaban J connectivity index is 3.11. The van der Waals surface area contributed by atoms with E-state index in [0.29, 0.717) is 38.0 Å². The number of phenols is 1. The van der Waals surface area contributed by atoms with Crippen LogP contribution in [0.4, 0.5) is 17.6 Å². The topological polar surface area (TPSA) is 161 Å². The highest BCUT2D eigenvalue weighted by molar-refractivity contribution is 5.98. The van der Waals surface area contributed by atoms with Gasteiger partial charge in [0.2, 0.25) is 29.4 Å². The second-order valence-electron chi connectivity index (χ2n) is 13.7. The maximum absolute atomic E-state index is 14.4. The Kier molecular flexibility index (Phi) is 18.3. The second-order valence-corrected chi connectivity index (χ2v) is 13.7. The highest BCUT2D eigenvalue weighted by Crippen LogP contribution is 2.29. The number of hydrogen-bond donors (Lipinski definition) is 7. The zero-order chi connectivity index (χ0) is 38.5. The van der Waals surface area contributed by atoms with Crippen LogP contribution in [0.25, 0.3) is 0 Å². The Morgan fingerprint density at radius 3 is 1.76 bits per heavy atom. The molecule has 7 N–H and O–H groups in total. The summed E-state index contributed by atoms with van der Waals surface area (Å²) in [7, 11) is 0. The lowest BCUT2D eigenvalue weighted by molar-refractivity contribution is -0.130. The third kappa shape index (κ3) is 13.1. The summed E-state index contributed by atoms with van der Waals surface area (Å²) in [5.74, 6) is -13.4. The normalized spacial score (nSPS) is 14.5. The number of halogens is 4. The molecule has 0 bridgehead atoms. The van der Waals surface area contributed by atoms with E-state index >= 15 is 0 Å². The molecule has 0 aliphatic heterocycles. The van der Waals surface area contributed by atoms with E-state index in [4.69, 9.17) is 0 Å². The number of carbonyl (C=O) groups is 4. The lowest BCUT2D eigenvalue weighted by Crippen LogP contribution is -2.55. The molecule has 0 radical (unpaired) electrons. The predicted molar refractivity (Wildman–Crippen MR) is 184 cm³/mol. The maximum atomic E-state index is 14.4. The summed E-state index contributed by atoms with van der Waals surface area (Å²) in [5.41, 5.74) is -1.17. The summed E-state index contributed by atoms with van der Waals surface area (Å²) in [5, 5.41) is 26.4. The Morgan fingerprint density at radius 1 is 0.720 bits per heavy atom. The minimum absolute atomic E-state index is 0.0141. The van der Waals surface area contributed by atoms with Crippen molar-refractivity contribution in [1.82, 2.24) is 31.9 Å². The van der Waals surface area contributed by atoms with E-state index in [-0.39, 0.29) is 42.0 Å². The van der Waals surface area contributed by atoms with Gasteiger partial charge in [0.1, 0.15) is 17.6 Å². The third-order valence-electron chi connectivity index (χ3n) is 7.92. The van der Waals surface area contributed by atoms with Gasteiger partial charge < -0.3 is 37.0 Å². The molecule has 0 aliphatic rings. The molecule has 0 aromatic heterocycles. The van der Waals surface area contributed by atoms with Gasteiger partial charge in [-0.1, -0.05) is 61.5 Å². The lowest BCUT2D eigenvalue weighted by Gasteiger charge is -2.30. The van der Waals surface area contributed by atoms with Crippen molar-refractivity contribution in [2.45, 2.75) is 118 Å². The van der Waals surface area contributed by atoms with Crippen LogP contribution in [0.1, 0.15) is 98.4 Å². The van der Waals surface area contributed by atoms with Crippen LogP contribution >= 0.6 is 0 Å². The number of benzene rings is 1. The molecule has 0 aliphatic carbocycles. The smallest absolute Gasteiger partial charge is 0.258 e. The molecule has 1 aromatic rings. The van der Waals surface area contributed by atoms with E-state index in [2.05, 4.69) is 38.5 Å².